The van der Waals surface area contributed by atoms with Crippen molar-refractivity contribution in [3.05, 3.63) is 81.5 Å². The molecule has 0 radical (unpaired) electrons. The standard InChI is InChI=1S/C21H21BrN4O2.C6H12/c1-3-16(14-10-5-4-6-11-14)23-21(28)18-17(22)19(26-25-18)24-20(27)15-12-8-7-9-13(15)2;1-2-4-6-5-3-1/h4-12,16H,3H2,1-2H3,(H,23,28)(H2,24,25,26,27);1-6H2/t16-;/m0./s1. The summed E-state index contributed by atoms with van der Waals surface area (Å²) in [4.78, 5) is 25.2. The summed E-state index contributed by atoms with van der Waals surface area (Å²) in [6.45, 7) is 3.87. The van der Waals surface area contributed by atoms with Crippen molar-refractivity contribution in [1.82, 2.24) is 15.5 Å². The van der Waals surface area contributed by atoms with Crippen LogP contribution in [0.1, 0.15) is 89.9 Å². The molecule has 1 saturated carbocycles. The Bertz CT molecular complexity index is 1070. The summed E-state index contributed by atoms with van der Waals surface area (Å²) in [5.74, 6) is -0.314. The molecule has 0 saturated heterocycles. The molecule has 2 amide bonds. The number of aryl methyl sites for hydroxylation is 1. The van der Waals surface area contributed by atoms with E-state index in [0.717, 1.165) is 17.5 Å². The first-order chi connectivity index (χ1) is 16.5. The summed E-state index contributed by atoms with van der Waals surface area (Å²) in [6.07, 6.45) is 9.75. The number of benzene rings is 2. The van der Waals surface area contributed by atoms with Crippen LogP contribution < -0.4 is 10.6 Å². The number of H-pyrrole nitrogens is 1. The maximum atomic E-state index is 12.7. The van der Waals surface area contributed by atoms with Crippen LogP contribution in [-0.4, -0.2) is 22.0 Å². The summed E-state index contributed by atoms with van der Waals surface area (Å²) in [5.41, 5.74) is 2.70. The Kier molecular flexibility index (Phi) is 9.89. The Morgan fingerprint density at radius 3 is 2.12 bits per heavy atom. The van der Waals surface area contributed by atoms with Crippen molar-refractivity contribution in [1.29, 1.82) is 0 Å². The van der Waals surface area contributed by atoms with Crippen LogP contribution in [0.25, 0.3) is 0 Å². The molecular weight excluding hydrogens is 492 g/mol. The van der Waals surface area contributed by atoms with Crippen molar-refractivity contribution in [2.75, 3.05) is 5.32 Å². The fraction of sp³-hybridized carbons (Fsp3) is 0.370. The minimum absolute atomic E-state index is 0.117. The number of hydrogen-bond acceptors (Lipinski definition) is 3. The van der Waals surface area contributed by atoms with Gasteiger partial charge in [0.2, 0.25) is 0 Å². The molecule has 3 aromatic rings. The molecule has 3 N–H and O–H groups in total. The third kappa shape index (κ3) is 7.03. The van der Waals surface area contributed by atoms with Crippen LogP contribution in [0.3, 0.4) is 0 Å². The molecule has 1 aromatic heterocycles. The van der Waals surface area contributed by atoms with Gasteiger partial charge in [-0.05, 0) is 46.5 Å². The van der Waals surface area contributed by atoms with Crippen molar-refractivity contribution in [3.63, 3.8) is 0 Å². The van der Waals surface area contributed by atoms with E-state index in [-0.39, 0.29) is 29.4 Å². The van der Waals surface area contributed by atoms with Gasteiger partial charge < -0.3 is 10.6 Å². The molecule has 180 valence electrons. The average Bonchev–Trinajstić information content (AvgIpc) is 3.24. The fourth-order valence-corrected chi connectivity index (χ4v) is 4.42. The second kappa shape index (κ2) is 13.1. The van der Waals surface area contributed by atoms with Crippen LogP contribution in [0.15, 0.2) is 59.1 Å². The topological polar surface area (TPSA) is 86.9 Å². The molecule has 34 heavy (non-hydrogen) atoms. The molecule has 6 nitrogen and oxygen atoms in total. The van der Waals surface area contributed by atoms with E-state index in [1.54, 1.807) is 12.1 Å². The molecular formula is C27H33BrN4O2. The maximum absolute atomic E-state index is 12.7. The molecule has 1 fully saturated rings. The fourth-order valence-electron chi connectivity index (χ4n) is 3.96. The number of nitrogens with zero attached hydrogens (tertiary/aromatic N) is 1. The van der Waals surface area contributed by atoms with Crippen LogP contribution in [0.2, 0.25) is 0 Å². The Labute approximate surface area is 210 Å². The predicted molar refractivity (Wildman–Crippen MR) is 140 cm³/mol. The minimum Gasteiger partial charge on any atom is -0.344 e. The van der Waals surface area contributed by atoms with Gasteiger partial charge >= 0.3 is 0 Å². The first kappa shape index (κ1) is 25.7. The van der Waals surface area contributed by atoms with Gasteiger partial charge in [0, 0.05) is 5.56 Å². The summed E-state index contributed by atoms with van der Waals surface area (Å²) < 4.78 is 0.412. The van der Waals surface area contributed by atoms with Gasteiger partial charge in [-0.1, -0.05) is 94.0 Å². The first-order valence-electron chi connectivity index (χ1n) is 12.0. The number of carbonyl (C=O) groups excluding carboxylic acids is 2. The number of anilines is 1. The van der Waals surface area contributed by atoms with E-state index in [4.69, 9.17) is 0 Å². The van der Waals surface area contributed by atoms with Gasteiger partial charge in [-0.3, -0.25) is 14.7 Å². The summed E-state index contributed by atoms with van der Waals surface area (Å²) in [7, 11) is 0. The lowest BCUT2D eigenvalue weighted by atomic mass is 10.0. The smallest absolute Gasteiger partial charge is 0.271 e. The molecule has 7 heteroatoms. The van der Waals surface area contributed by atoms with Crippen LogP contribution in [0.4, 0.5) is 5.82 Å². The number of aromatic amines is 1. The second-order valence-electron chi connectivity index (χ2n) is 8.50. The summed E-state index contributed by atoms with van der Waals surface area (Å²) >= 11 is 3.37. The lowest BCUT2D eigenvalue weighted by molar-refractivity contribution is 0.0929. The van der Waals surface area contributed by atoms with Gasteiger partial charge in [-0.2, -0.15) is 5.10 Å². The number of nitrogens with one attached hydrogen (secondary N) is 3. The van der Waals surface area contributed by atoms with Gasteiger partial charge in [0.1, 0.15) is 5.69 Å². The van der Waals surface area contributed by atoms with Crippen molar-refractivity contribution in [2.24, 2.45) is 0 Å². The third-order valence-electron chi connectivity index (χ3n) is 5.97. The minimum atomic E-state index is -0.300. The van der Waals surface area contributed by atoms with Crippen LogP contribution in [-0.2, 0) is 0 Å². The van der Waals surface area contributed by atoms with Gasteiger partial charge in [-0.15, -0.1) is 0 Å². The molecule has 1 heterocycles. The number of amides is 2. The van der Waals surface area contributed by atoms with E-state index >= 15 is 0 Å². The first-order valence-corrected chi connectivity index (χ1v) is 12.8. The number of halogens is 1. The molecule has 1 aliphatic carbocycles. The largest absolute Gasteiger partial charge is 0.344 e. The van der Waals surface area contributed by atoms with E-state index in [0.29, 0.717) is 10.0 Å². The van der Waals surface area contributed by atoms with Crippen LogP contribution in [0, 0.1) is 6.92 Å². The Hall–Kier alpha value is -2.93. The predicted octanol–water partition coefficient (Wildman–Crippen LogP) is 6.95. The van der Waals surface area contributed by atoms with E-state index in [1.807, 2.05) is 56.3 Å². The monoisotopic (exact) mass is 524 g/mol. The highest BCUT2D eigenvalue weighted by atomic mass is 79.9. The number of rotatable bonds is 6. The molecule has 1 aliphatic rings. The Balaban J connectivity index is 0.000000469. The van der Waals surface area contributed by atoms with E-state index in [9.17, 15) is 9.59 Å². The SMILES string of the molecule is C1CCCCC1.CC[C@H](NC(=O)c1[nH]nc(NC(=O)c2ccccc2C)c1Br)c1ccccc1. The highest BCUT2D eigenvalue weighted by Gasteiger charge is 2.22. The third-order valence-corrected chi connectivity index (χ3v) is 6.74. The van der Waals surface area contributed by atoms with Gasteiger partial charge in [0.05, 0.1) is 10.5 Å². The van der Waals surface area contributed by atoms with Crippen molar-refractivity contribution in [2.45, 2.75) is 64.8 Å². The van der Waals surface area contributed by atoms with Gasteiger partial charge in [-0.25, -0.2) is 0 Å². The van der Waals surface area contributed by atoms with Crippen molar-refractivity contribution >= 4 is 33.6 Å². The molecule has 4 rings (SSSR count). The average molecular weight is 525 g/mol. The quantitative estimate of drug-likeness (QED) is 0.325. The van der Waals surface area contributed by atoms with Gasteiger partial charge in [0.25, 0.3) is 11.8 Å². The molecule has 0 aliphatic heterocycles. The summed E-state index contributed by atoms with van der Waals surface area (Å²) in [5, 5.41) is 12.5. The lowest BCUT2D eigenvalue weighted by Gasteiger charge is -2.17. The van der Waals surface area contributed by atoms with Crippen molar-refractivity contribution < 1.29 is 9.59 Å². The van der Waals surface area contributed by atoms with Gasteiger partial charge in [0.15, 0.2) is 5.82 Å². The van der Waals surface area contributed by atoms with E-state index < -0.39 is 0 Å². The zero-order valence-corrected chi connectivity index (χ0v) is 21.5. The van der Waals surface area contributed by atoms with Crippen molar-refractivity contribution in [3.8, 4) is 0 Å². The molecule has 0 spiro atoms. The second-order valence-corrected chi connectivity index (χ2v) is 9.29. The zero-order chi connectivity index (χ0) is 24.3. The normalized spacial score (nSPS) is 13.9. The highest BCUT2D eigenvalue weighted by molar-refractivity contribution is 9.10. The Morgan fingerprint density at radius 2 is 1.53 bits per heavy atom. The maximum Gasteiger partial charge on any atom is 0.271 e. The van der Waals surface area contributed by atoms with E-state index in [2.05, 4.69) is 36.8 Å². The molecule has 2 aromatic carbocycles. The van der Waals surface area contributed by atoms with Crippen LogP contribution >= 0.6 is 15.9 Å². The summed E-state index contributed by atoms with van der Waals surface area (Å²) in [6, 6.07) is 16.9. The number of hydrogen-bond donors (Lipinski definition) is 3. The Morgan fingerprint density at radius 1 is 0.941 bits per heavy atom. The molecule has 1 atom stereocenters. The molecule has 0 bridgehead atoms. The lowest BCUT2D eigenvalue weighted by Crippen LogP contribution is -2.28. The zero-order valence-electron chi connectivity index (χ0n) is 19.9. The van der Waals surface area contributed by atoms with E-state index in [1.165, 1.54) is 38.5 Å². The molecule has 0 unspecified atom stereocenters. The number of aromatic nitrogens is 2. The number of carbonyl (C=O) groups is 2. The van der Waals surface area contributed by atoms with Crippen LogP contribution in [0.5, 0.6) is 0 Å². The highest BCUT2D eigenvalue weighted by Crippen LogP contribution is 2.26.